The molecule has 104 valence electrons. The van der Waals surface area contributed by atoms with Crippen molar-refractivity contribution in [1.82, 2.24) is 4.98 Å². The van der Waals surface area contributed by atoms with Crippen LogP contribution in [0.5, 0.6) is 0 Å². The fourth-order valence-electron chi connectivity index (χ4n) is 1.83. The Morgan fingerprint density at radius 2 is 2.15 bits per heavy atom. The van der Waals surface area contributed by atoms with E-state index in [2.05, 4.69) is 9.72 Å². The summed E-state index contributed by atoms with van der Waals surface area (Å²) < 4.78 is 9.73. The lowest BCUT2D eigenvalue weighted by Crippen LogP contribution is -2.03. The maximum atomic E-state index is 12.0. The van der Waals surface area contributed by atoms with Crippen molar-refractivity contribution < 1.29 is 18.7 Å². The average molecular weight is 273 g/mol. The van der Waals surface area contributed by atoms with Crippen molar-refractivity contribution in [2.24, 2.45) is 0 Å². The molecule has 0 aliphatic carbocycles. The molecule has 5 heteroatoms. The first-order valence-electron chi connectivity index (χ1n) is 6.30. The number of benzene rings is 1. The van der Waals surface area contributed by atoms with E-state index in [1.54, 1.807) is 24.4 Å². The zero-order valence-electron chi connectivity index (χ0n) is 11.2. The Bertz CT molecular complexity index is 590. The number of carbonyl (C=O) groups excluding carboxylic acids is 2. The molecule has 0 spiro atoms. The molecule has 0 bridgehead atoms. The largest absolute Gasteiger partial charge is 0.469 e. The molecule has 0 fully saturated rings. The molecule has 0 aliphatic heterocycles. The summed E-state index contributed by atoms with van der Waals surface area (Å²) in [4.78, 5) is 27.1. The number of methoxy groups -OCH3 is 1. The molecule has 1 heterocycles. The Kier molecular flexibility index (Phi) is 4.65. The van der Waals surface area contributed by atoms with Crippen LogP contribution in [0.15, 0.2) is 41.1 Å². The first kappa shape index (κ1) is 14.0. The third kappa shape index (κ3) is 3.54. The highest BCUT2D eigenvalue weighted by Gasteiger charge is 2.10. The minimum atomic E-state index is -0.300. The predicted molar refractivity (Wildman–Crippen MR) is 72.1 cm³/mol. The van der Waals surface area contributed by atoms with Gasteiger partial charge in [0.25, 0.3) is 0 Å². The smallest absolute Gasteiger partial charge is 0.305 e. The van der Waals surface area contributed by atoms with Gasteiger partial charge in [0.2, 0.25) is 5.89 Å². The Hall–Kier alpha value is -2.43. The van der Waals surface area contributed by atoms with Gasteiger partial charge in [-0.1, -0.05) is 12.1 Å². The second-order valence-electron chi connectivity index (χ2n) is 4.27. The molecule has 5 nitrogen and oxygen atoms in total. The molecular weight excluding hydrogens is 258 g/mol. The molecule has 0 atom stereocenters. The molecule has 2 rings (SSSR count). The molecule has 0 saturated heterocycles. The van der Waals surface area contributed by atoms with E-state index in [4.69, 9.17) is 4.42 Å². The lowest BCUT2D eigenvalue weighted by Gasteiger charge is -2.02. The van der Waals surface area contributed by atoms with Crippen LogP contribution < -0.4 is 0 Å². The van der Waals surface area contributed by atoms with Gasteiger partial charge in [0.15, 0.2) is 5.78 Å². The summed E-state index contributed by atoms with van der Waals surface area (Å²) in [6, 6.07) is 7.10. The normalized spacial score (nSPS) is 10.2. The predicted octanol–water partition coefficient (Wildman–Crippen LogP) is 2.87. The van der Waals surface area contributed by atoms with Gasteiger partial charge in [0.1, 0.15) is 6.26 Å². The molecule has 0 amide bonds. The van der Waals surface area contributed by atoms with Crippen LogP contribution in [0.1, 0.15) is 29.6 Å². The zero-order chi connectivity index (χ0) is 14.4. The number of hydrogen-bond acceptors (Lipinski definition) is 5. The summed E-state index contributed by atoms with van der Waals surface area (Å²) in [7, 11) is 1.34. The van der Waals surface area contributed by atoms with Crippen molar-refractivity contribution in [3.63, 3.8) is 0 Å². The van der Waals surface area contributed by atoms with Crippen molar-refractivity contribution in [2.75, 3.05) is 7.11 Å². The summed E-state index contributed by atoms with van der Waals surface area (Å²) in [5, 5.41) is 0. The van der Waals surface area contributed by atoms with Crippen LogP contribution in [0.2, 0.25) is 0 Å². The van der Waals surface area contributed by atoms with Crippen molar-refractivity contribution in [3.05, 3.63) is 42.3 Å². The molecule has 0 N–H and O–H groups in total. The maximum Gasteiger partial charge on any atom is 0.305 e. The van der Waals surface area contributed by atoms with E-state index in [-0.39, 0.29) is 18.2 Å². The van der Waals surface area contributed by atoms with Crippen molar-refractivity contribution in [1.29, 1.82) is 0 Å². The summed E-state index contributed by atoms with van der Waals surface area (Å²) in [5.74, 6) is 0.169. The van der Waals surface area contributed by atoms with E-state index in [1.807, 2.05) is 6.07 Å². The lowest BCUT2D eigenvalue weighted by atomic mass is 10.0. The molecule has 0 saturated carbocycles. The topological polar surface area (TPSA) is 69.4 Å². The Balaban J connectivity index is 2.00. The highest BCUT2D eigenvalue weighted by atomic mass is 16.5. The fourth-order valence-corrected chi connectivity index (χ4v) is 1.83. The second kappa shape index (κ2) is 6.65. The van der Waals surface area contributed by atoms with E-state index < -0.39 is 0 Å². The van der Waals surface area contributed by atoms with Gasteiger partial charge < -0.3 is 9.15 Å². The standard InChI is InChI=1S/C15H15NO4/c1-19-14(18)7-3-6-13(17)11-4-2-5-12(10-11)15-16-8-9-20-15/h2,4-5,8-10H,3,6-7H2,1H3. The van der Waals surface area contributed by atoms with Gasteiger partial charge >= 0.3 is 5.97 Å². The molecule has 1 aromatic heterocycles. The van der Waals surface area contributed by atoms with E-state index in [1.165, 1.54) is 13.4 Å². The highest BCUT2D eigenvalue weighted by Crippen LogP contribution is 2.19. The van der Waals surface area contributed by atoms with Crippen LogP contribution in [0.25, 0.3) is 11.5 Å². The van der Waals surface area contributed by atoms with E-state index in [0.717, 1.165) is 5.56 Å². The Labute approximate surface area is 116 Å². The quantitative estimate of drug-likeness (QED) is 0.598. The van der Waals surface area contributed by atoms with Crippen LogP contribution >= 0.6 is 0 Å². The van der Waals surface area contributed by atoms with Gasteiger partial charge in [-0.2, -0.15) is 0 Å². The summed E-state index contributed by atoms with van der Waals surface area (Å²) in [6.07, 6.45) is 4.08. The average Bonchev–Trinajstić information content (AvgIpc) is 3.01. The maximum absolute atomic E-state index is 12.0. The number of nitrogens with zero attached hydrogens (tertiary/aromatic N) is 1. The number of hydrogen-bond donors (Lipinski definition) is 0. The van der Waals surface area contributed by atoms with Crippen molar-refractivity contribution in [3.8, 4) is 11.5 Å². The minimum Gasteiger partial charge on any atom is -0.469 e. The van der Waals surface area contributed by atoms with Gasteiger partial charge in [-0.05, 0) is 18.6 Å². The number of oxazole rings is 1. The fraction of sp³-hybridized carbons (Fsp3) is 0.267. The van der Waals surface area contributed by atoms with Gasteiger partial charge in [-0.15, -0.1) is 0 Å². The van der Waals surface area contributed by atoms with E-state index >= 15 is 0 Å². The van der Waals surface area contributed by atoms with Gasteiger partial charge in [-0.25, -0.2) is 4.98 Å². The Morgan fingerprint density at radius 1 is 1.30 bits per heavy atom. The van der Waals surface area contributed by atoms with Crippen LogP contribution in [0.4, 0.5) is 0 Å². The lowest BCUT2D eigenvalue weighted by molar-refractivity contribution is -0.140. The monoisotopic (exact) mass is 273 g/mol. The van der Waals surface area contributed by atoms with Crippen LogP contribution in [0.3, 0.4) is 0 Å². The van der Waals surface area contributed by atoms with Crippen LogP contribution in [-0.2, 0) is 9.53 Å². The van der Waals surface area contributed by atoms with Gasteiger partial charge in [0, 0.05) is 24.0 Å². The molecule has 0 unspecified atom stereocenters. The number of esters is 1. The number of rotatable bonds is 6. The summed E-state index contributed by atoms with van der Waals surface area (Å²) in [5.41, 5.74) is 1.35. The molecular formula is C15H15NO4. The summed E-state index contributed by atoms with van der Waals surface area (Å²) in [6.45, 7) is 0. The molecule has 0 aliphatic rings. The zero-order valence-corrected chi connectivity index (χ0v) is 11.2. The summed E-state index contributed by atoms with van der Waals surface area (Å²) >= 11 is 0. The molecule has 20 heavy (non-hydrogen) atoms. The molecule has 2 aromatic rings. The first-order valence-corrected chi connectivity index (χ1v) is 6.30. The second-order valence-corrected chi connectivity index (χ2v) is 4.27. The number of carbonyl (C=O) groups is 2. The number of aromatic nitrogens is 1. The van der Waals surface area contributed by atoms with Crippen LogP contribution in [-0.4, -0.2) is 23.8 Å². The van der Waals surface area contributed by atoms with Crippen LogP contribution in [0, 0.1) is 0 Å². The van der Waals surface area contributed by atoms with E-state index in [0.29, 0.717) is 24.3 Å². The van der Waals surface area contributed by atoms with Crippen molar-refractivity contribution in [2.45, 2.75) is 19.3 Å². The number of Topliss-reactive ketones (excluding diaryl/α,β-unsaturated/α-hetero) is 1. The molecule has 0 radical (unpaired) electrons. The van der Waals surface area contributed by atoms with Gasteiger partial charge in [0.05, 0.1) is 13.3 Å². The minimum absolute atomic E-state index is 0.0118. The molecule has 1 aromatic carbocycles. The number of ketones is 1. The van der Waals surface area contributed by atoms with E-state index in [9.17, 15) is 9.59 Å². The van der Waals surface area contributed by atoms with Crippen molar-refractivity contribution >= 4 is 11.8 Å². The van der Waals surface area contributed by atoms with Gasteiger partial charge in [-0.3, -0.25) is 9.59 Å². The first-order chi connectivity index (χ1) is 9.70. The third-order valence-corrected chi connectivity index (χ3v) is 2.88. The number of ether oxygens (including phenoxy) is 1. The Morgan fingerprint density at radius 3 is 2.85 bits per heavy atom. The highest BCUT2D eigenvalue weighted by molar-refractivity contribution is 5.97. The SMILES string of the molecule is COC(=O)CCCC(=O)c1cccc(-c2ncco2)c1. The third-order valence-electron chi connectivity index (χ3n) is 2.88.